The summed E-state index contributed by atoms with van der Waals surface area (Å²) in [6.07, 6.45) is 2.62. The maximum atomic E-state index is 12.5. The molecule has 0 aromatic heterocycles. The van der Waals surface area contributed by atoms with Crippen molar-refractivity contribution in [3.8, 4) is 11.5 Å². The van der Waals surface area contributed by atoms with Crippen molar-refractivity contribution < 1.29 is 22.7 Å². The lowest BCUT2D eigenvalue weighted by atomic mass is 10.2. The molecule has 0 radical (unpaired) electrons. The number of nitrogens with zero attached hydrogens (tertiary/aromatic N) is 1. The van der Waals surface area contributed by atoms with Gasteiger partial charge in [0, 0.05) is 11.6 Å². The van der Waals surface area contributed by atoms with Crippen molar-refractivity contribution in [3.63, 3.8) is 0 Å². The first-order valence-corrected chi connectivity index (χ1v) is 9.87. The van der Waals surface area contributed by atoms with Crippen LogP contribution >= 0.6 is 0 Å². The van der Waals surface area contributed by atoms with Gasteiger partial charge in [-0.25, -0.2) is 8.42 Å². The normalized spacial score (nSPS) is 10.8. The number of benzene rings is 2. The molecule has 0 unspecified atom stereocenters. The van der Waals surface area contributed by atoms with Crippen molar-refractivity contribution >= 4 is 27.3 Å². The number of anilines is 2. The van der Waals surface area contributed by atoms with Gasteiger partial charge in [-0.2, -0.15) is 0 Å². The third-order valence-electron chi connectivity index (χ3n) is 3.77. The molecule has 27 heavy (non-hydrogen) atoms. The zero-order valence-electron chi connectivity index (χ0n) is 15.4. The second-order valence-corrected chi connectivity index (χ2v) is 7.56. The molecule has 0 aliphatic rings. The summed E-state index contributed by atoms with van der Waals surface area (Å²) in [6, 6.07) is 11.3. The summed E-state index contributed by atoms with van der Waals surface area (Å²) in [6.45, 7) is 3.72. The summed E-state index contributed by atoms with van der Waals surface area (Å²) in [7, 11) is -0.403. The first kappa shape index (κ1) is 20.3. The molecule has 2 rings (SSSR count). The van der Waals surface area contributed by atoms with Gasteiger partial charge in [0.1, 0.15) is 11.5 Å². The monoisotopic (exact) mass is 390 g/mol. The summed E-state index contributed by atoms with van der Waals surface area (Å²) in [5.74, 6) is 0.727. The fourth-order valence-corrected chi connectivity index (χ4v) is 3.31. The predicted molar refractivity (Wildman–Crippen MR) is 106 cm³/mol. The Kier molecular flexibility index (Phi) is 6.46. The van der Waals surface area contributed by atoms with Crippen LogP contribution in [0.3, 0.4) is 0 Å². The largest absolute Gasteiger partial charge is 0.497 e. The maximum Gasteiger partial charge on any atom is 0.255 e. The zero-order valence-corrected chi connectivity index (χ0v) is 16.2. The Morgan fingerprint density at radius 3 is 2.33 bits per heavy atom. The van der Waals surface area contributed by atoms with E-state index in [1.165, 1.54) is 17.5 Å². The van der Waals surface area contributed by atoms with Gasteiger partial charge in [-0.15, -0.1) is 6.58 Å². The lowest BCUT2D eigenvalue weighted by Crippen LogP contribution is -2.29. The third-order valence-corrected chi connectivity index (χ3v) is 4.93. The Balaban J connectivity index is 2.22. The predicted octanol–water partition coefficient (Wildman–Crippen LogP) is 2.91. The molecule has 1 amide bonds. The Labute approximate surface area is 159 Å². The number of hydrogen-bond acceptors (Lipinski definition) is 5. The van der Waals surface area contributed by atoms with E-state index >= 15 is 0 Å². The lowest BCUT2D eigenvalue weighted by molar-refractivity contribution is 0.102. The number of sulfonamides is 1. The van der Waals surface area contributed by atoms with Crippen LogP contribution in [0.1, 0.15) is 10.4 Å². The van der Waals surface area contributed by atoms with Gasteiger partial charge >= 0.3 is 0 Å². The van der Waals surface area contributed by atoms with Crippen molar-refractivity contribution in [2.24, 2.45) is 0 Å². The first-order valence-electron chi connectivity index (χ1n) is 8.02. The summed E-state index contributed by atoms with van der Waals surface area (Å²) in [5, 5.41) is 2.77. The molecule has 0 spiro atoms. The SMILES string of the molecule is C=CCN(c1ccc(C(=O)Nc2ccc(OC)cc2OC)cc1)S(C)(=O)=O. The molecule has 2 aromatic rings. The van der Waals surface area contributed by atoms with Crippen molar-refractivity contribution in [1.82, 2.24) is 0 Å². The Bertz CT molecular complexity index is 924. The number of amides is 1. The van der Waals surface area contributed by atoms with Crippen molar-refractivity contribution in [1.29, 1.82) is 0 Å². The van der Waals surface area contributed by atoms with Gasteiger partial charge in [0.25, 0.3) is 5.91 Å². The molecular weight excluding hydrogens is 368 g/mol. The van der Waals surface area contributed by atoms with Gasteiger partial charge in [-0.1, -0.05) is 6.08 Å². The molecule has 0 saturated carbocycles. The summed E-state index contributed by atoms with van der Waals surface area (Å²) < 4.78 is 35.4. The number of nitrogens with one attached hydrogen (secondary N) is 1. The molecule has 0 fully saturated rings. The molecule has 8 heteroatoms. The number of ether oxygens (including phenoxy) is 2. The van der Waals surface area contributed by atoms with E-state index in [2.05, 4.69) is 11.9 Å². The van der Waals surface area contributed by atoms with E-state index in [1.807, 2.05) is 0 Å². The number of methoxy groups -OCH3 is 2. The minimum Gasteiger partial charge on any atom is -0.497 e. The van der Waals surface area contributed by atoms with Crippen molar-refractivity contribution in [2.75, 3.05) is 36.6 Å². The summed E-state index contributed by atoms with van der Waals surface area (Å²) in [5.41, 5.74) is 1.33. The molecule has 1 N–H and O–H groups in total. The van der Waals surface area contributed by atoms with Crippen LogP contribution in [-0.4, -0.2) is 41.3 Å². The molecule has 0 atom stereocenters. The van der Waals surface area contributed by atoms with Crippen LogP contribution in [0.2, 0.25) is 0 Å². The Morgan fingerprint density at radius 2 is 1.81 bits per heavy atom. The summed E-state index contributed by atoms with van der Waals surface area (Å²) >= 11 is 0. The molecule has 2 aromatic carbocycles. The average molecular weight is 390 g/mol. The van der Waals surface area contributed by atoms with E-state index in [4.69, 9.17) is 9.47 Å². The smallest absolute Gasteiger partial charge is 0.255 e. The standard InChI is InChI=1S/C19H22N2O5S/c1-5-12-21(27(4,23)24)15-8-6-14(7-9-15)19(22)20-17-11-10-16(25-2)13-18(17)26-3/h5-11,13H,1,12H2,2-4H3,(H,20,22). The summed E-state index contributed by atoms with van der Waals surface area (Å²) in [4.78, 5) is 12.5. The zero-order chi connectivity index (χ0) is 20.0. The van der Waals surface area contributed by atoms with Gasteiger partial charge < -0.3 is 14.8 Å². The minimum absolute atomic E-state index is 0.146. The van der Waals surface area contributed by atoms with Crippen LogP contribution in [0.15, 0.2) is 55.1 Å². The van der Waals surface area contributed by atoms with E-state index in [9.17, 15) is 13.2 Å². The number of rotatable bonds is 8. The van der Waals surface area contributed by atoms with Gasteiger partial charge in [-0.3, -0.25) is 9.10 Å². The quantitative estimate of drug-likeness (QED) is 0.701. The van der Waals surface area contributed by atoms with Crippen LogP contribution < -0.4 is 19.1 Å². The van der Waals surface area contributed by atoms with E-state index in [0.29, 0.717) is 28.4 Å². The highest BCUT2D eigenvalue weighted by atomic mass is 32.2. The van der Waals surface area contributed by atoms with E-state index in [1.54, 1.807) is 49.6 Å². The van der Waals surface area contributed by atoms with Crippen LogP contribution in [0, 0.1) is 0 Å². The molecule has 0 aliphatic heterocycles. The third kappa shape index (κ3) is 5.01. The van der Waals surface area contributed by atoms with Crippen LogP contribution in [0.4, 0.5) is 11.4 Å². The number of carbonyl (C=O) groups is 1. The molecule has 7 nitrogen and oxygen atoms in total. The lowest BCUT2D eigenvalue weighted by Gasteiger charge is -2.20. The molecule has 0 heterocycles. The van der Waals surface area contributed by atoms with Gasteiger partial charge in [-0.05, 0) is 36.4 Å². The second-order valence-electron chi connectivity index (χ2n) is 5.65. The van der Waals surface area contributed by atoms with Crippen LogP contribution in [0.25, 0.3) is 0 Å². The first-order chi connectivity index (χ1) is 12.8. The minimum atomic E-state index is -3.44. The van der Waals surface area contributed by atoms with E-state index < -0.39 is 10.0 Å². The molecular formula is C19H22N2O5S. The van der Waals surface area contributed by atoms with E-state index in [0.717, 1.165) is 6.26 Å². The van der Waals surface area contributed by atoms with Gasteiger partial charge in [0.05, 0.1) is 38.4 Å². The number of carbonyl (C=O) groups excluding carboxylic acids is 1. The maximum absolute atomic E-state index is 12.5. The van der Waals surface area contributed by atoms with E-state index in [-0.39, 0.29) is 12.5 Å². The highest BCUT2D eigenvalue weighted by Gasteiger charge is 2.17. The van der Waals surface area contributed by atoms with Crippen molar-refractivity contribution in [3.05, 3.63) is 60.7 Å². The highest BCUT2D eigenvalue weighted by Crippen LogP contribution is 2.29. The van der Waals surface area contributed by atoms with Crippen LogP contribution in [-0.2, 0) is 10.0 Å². The highest BCUT2D eigenvalue weighted by molar-refractivity contribution is 7.92. The topological polar surface area (TPSA) is 84.9 Å². The number of hydrogen-bond donors (Lipinski definition) is 1. The molecule has 0 saturated heterocycles. The van der Waals surface area contributed by atoms with Crippen molar-refractivity contribution in [2.45, 2.75) is 0 Å². The molecule has 144 valence electrons. The fraction of sp³-hybridized carbons (Fsp3) is 0.211. The van der Waals surface area contributed by atoms with Crippen LogP contribution in [0.5, 0.6) is 11.5 Å². The molecule has 0 aliphatic carbocycles. The van der Waals surface area contributed by atoms with Gasteiger partial charge in [0.2, 0.25) is 10.0 Å². The second kappa shape index (κ2) is 8.59. The Morgan fingerprint density at radius 1 is 1.15 bits per heavy atom. The average Bonchev–Trinajstić information content (AvgIpc) is 2.65. The fourth-order valence-electron chi connectivity index (χ4n) is 2.42. The van der Waals surface area contributed by atoms with Gasteiger partial charge in [0.15, 0.2) is 0 Å². The molecule has 0 bridgehead atoms. The Hall–Kier alpha value is -3.00.